The Morgan fingerprint density at radius 3 is 2.59 bits per heavy atom. The number of aryl methyl sites for hydroxylation is 1. The summed E-state index contributed by atoms with van der Waals surface area (Å²) in [6.07, 6.45) is 8.16. The van der Waals surface area contributed by atoms with Gasteiger partial charge in [0.2, 0.25) is 21.8 Å². The predicted octanol–water partition coefficient (Wildman–Crippen LogP) is 5.60. The van der Waals surface area contributed by atoms with Gasteiger partial charge in [-0.25, -0.2) is 22.6 Å². The number of sulfonamides is 1. The van der Waals surface area contributed by atoms with Gasteiger partial charge in [0, 0.05) is 28.9 Å². The molecule has 2 aromatic carbocycles. The molecular weight excluding hydrogens is 766 g/mol. The lowest BCUT2D eigenvalue weighted by Gasteiger charge is -2.37. The monoisotopic (exact) mass is 815 g/mol. The van der Waals surface area contributed by atoms with Gasteiger partial charge in [0.15, 0.2) is 0 Å². The minimum atomic E-state index is -3.93. The number of fused-ring (bicyclic) bond motifs is 5. The summed E-state index contributed by atoms with van der Waals surface area (Å²) in [4.78, 5) is 63.0. The van der Waals surface area contributed by atoms with Crippen molar-refractivity contribution < 1.29 is 41.5 Å². The lowest BCUT2D eigenvalue weighted by molar-refractivity contribution is -0.141. The molecule has 3 aliphatic heterocycles. The van der Waals surface area contributed by atoms with Crippen LogP contribution in [-0.2, 0) is 35.6 Å². The van der Waals surface area contributed by atoms with E-state index in [-0.39, 0.29) is 25.8 Å². The molecule has 13 nitrogen and oxygen atoms in total. The van der Waals surface area contributed by atoms with Crippen molar-refractivity contribution >= 4 is 44.7 Å². The van der Waals surface area contributed by atoms with Crippen LogP contribution in [0.1, 0.15) is 90.5 Å². The SMILES string of the molecule is CC(C)(C)OC(=O)NC1CCCCC/C=C\[C@H]2C[C@@]2(C(=O)NS(=O)(=O)C2CC2)NC(=O)[C@@H]2C[C@]3(CCc4c(c(-c5cccc(F)c5)nc5ccccc45)O3)CN2C1=O. The topological polar surface area (TPSA) is 173 Å². The number of aromatic nitrogens is 1. The molecule has 3 aromatic rings. The van der Waals surface area contributed by atoms with Crippen LogP contribution in [0, 0.1) is 11.7 Å². The van der Waals surface area contributed by atoms with Crippen molar-refractivity contribution in [2.24, 2.45) is 5.92 Å². The third-order valence-electron chi connectivity index (χ3n) is 11.9. The zero-order valence-electron chi connectivity index (χ0n) is 33.0. The van der Waals surface area contributed by atoms with Crippen molar-refractivity contribution in [2.45, 2.75) is 125 Å². The summed E-state index contributed by atoms with van der Waals surface area (Å²) in [5, 5.41) is 5.93. The molecule has 2 saturated carbocycles. The Morgan fingerprint density at radius 1 is 1.03 bits per heavy atom. The molecule has 1 unspecified atom stereocenters. The number of halogens is 1. The van der Waals surface area contributed by atoms with Gasteiger partial charge < -0.3 is 25.0 Å². The normalized spacial score (nSPS) is 28.1. The molecular formula is C43H50FN5O8S. The first-order chi connectivity index (χ1) is 27.6. The molecule has 15 heteroatoms. The average Bonchev–Trinajstić information content (AvgIpc) is 4.10. The van der Waals surface area contributed by atoms with Crippen LogP contribution >= 0.6 is 0 Å². The van der Waals surface area contributed by atoms with Gasteiger partial charge in [-0.3, -0.25) is 19.1 Å². The summed E-state index contributed by atoms with van der Waals surface area (Å²) in [6, 6.07) is 11.5. The van der Waals surface area contributed by atoms with Crippen LogP contribution in [0.15, 0.2) is 60.7 Å². The molecule has 1 aromatic heterocycles. The first-order valence-corrected chi connectivity index (χ1v) is 21.8. The second-order valence-electron chi connectivity index (χ2n) is 17.5. The fraction of sp³-hybridized carbons (Fsp3) is 0.512. The molecule has 3 fully saturated rings. The van der Waals surface area contributed by atoms with E-state index in [1.807, 2.05) is 36.4 Å². The molecule has 4 heterocycles. The first-order valence-electron chi connectivity index (χ1n) is 20.3. The lowest BCUT2D eigenvalue weighted by Crippen LogP contribution is -2.58. The zero-order chi connectivity index (χ0) is 41.0. The Labute approximate surface area is 337 Å². The fourth-order valence-corrected chi connectivity index (χ4v) is 10.0. The summed E-state index contributed by atoms with van der Waals surface area (Å²) in [5.41, 5.74) is -0.969. The molecule has 2 aliphatic carbocycles. The van der Waals surface area contributed by atoms with E-state index in [1.54, 1.807) is 32.9 Å². The minimum Gasteiger partial charge on any atom is -0.483 e. The number of pyridine rings is 1. The zero-order valence-corrected chi connectivity index (χ0v) is 33.8. The molecule has 8 rings (SSSR count). The second kappa shape index (κ2) is 15.0. The molecule has 5 aliphatic rings. The van der Waals surface area contributed by atoms with Gasteiger partial charge in [-0.15, -0.1) is 0 Å². The Balaban J connectivity index is 1.17. The van der Waals surface area contributed by atoms with E-state index in [0.29, 0.717) is 61.0 Å². The number of amides is 4. The van der Waals surface area contributed by atoms with Crippen LogP contribution in [-0.4, -0.2) is 82.7 Å². The predicted molar refractivity (Wildman–Crippen MR) is 213 cm³/mol. The largest absolute Gasteiger partial charge is 0.483 e. The highest BCUT2D eigenvalue weighted by atomic mass is 32.2. The van der Waals surface area contributed by atoms with Crippen molar-refractivity contribution in [3.8, 4) is 17.0 Å². The summed E-state index contributed by atoms with van der Waals surface area (Å²) in [6.45, 7) is 5.14. The van der Waals surface area contributed by atoms with E-state index < -0.39 is 79.6 Å². The van der Waals surface area contributed by atoms with Gasteiger partial charge in [-0.05, 0) is 90.3 Å². The Hall–Kier alpha value is -5.05. The van der Waals surface area contributed by atoms with Crippen molar-refractivity contribution in [3.05, 3.63) is 72.1 Å². The Morgan fingerprint density at radius 2 is 1.83 bits per heavy atom. The van der Waals surface area contributed by atoms with E-state index in [1.165, 1.54) is 17.0 Å². The number of rotatable bonds is 5. The van der Waals surface area contributed by atoms with Gasteiger partial charge in [0.05, 0.1) is 17.3 Å². The number of nitrogens with one attached hydrogen (secondary N) is 3. The first kappa shape index (κ1) is 39.8. The van der Waals surface area contributed by atoms with Crippen molar-refractivity contribution in [1.29, 1.82) is 0 Å². The van der Waals surface area contributed by atoms with Gasteiger partial charge in [0.25, 0.3) is 5.91 Å². The lowest BCUT2D eigenvalue weighted by atomic mass is 9.86. The van der Waals surface area contributed by atoms with Crippen LogP contribution in [0.2, 0.25) is 0 Å². The summed E-state index contributed by atoms with van der Waals surface area (Å²) in [5.74, 6) is -2.41. The number of para-hydroxylation sites is 1. The Kier molecular flexibility index (Phi) is 10.3. The van der Waals surface area contributed by atoms with Gasteiger partial charge in [-0.2, -0.15) is 0 Å². The van der Waals surface area contributed by atoms with Gasteiger partial charge in [0.1, 0.15) is 46.1 Å². The smallest absolute Gasteiger partial charge is 0.408 e. The molecule has 0 bridgehead atoms. The summed E-state index contributed by atoms with van der Waals surface area (Å²) in [7, 11) is -3.93. The minimum absolute atomic E-state index is 0.0250. The molecule has 5 atom stereocenters. The number of alkyl carbamates (subject to hydrolysis) is 1. The second-order valence-corrected chi connectivity index (χ2v) is 19.4. The van der Waals surface area contributed by atoms with Crippen LogP contribution < -0.4 is 20.1 Å². The number of hydrogen-bond acceptors (Lipinski definition) is 9. The molecule has 3 N–H and O–H groups in total. The summed E-state index contributed by atoms with van der Waals surface area (Å²) >= 11 is 0. The van der Waals surface area contributed by atoms with Crippen molar-refractivity contribution in [3.63, 3.8) is 0 Å². The number of ether oxygens (including phenoxy) is 2. The van der Waals surface area contributed by atoms with Gasteiger partial charge >= 0.3 is 6.09 Å². The van der Waals surface area contributed by atoms with E-state index in [0.717, 1.165) is 23.8 Å². The van der Waals surface area contributed by atoms with E-state index in [4.69, 9.17) is 14.5 Å². The number of hydrogen-bond donors (Lipinski definition) is 3. The van der Waals surface area contributed by atoms with Crippen molar-refractivity contribution in [1.82, 2.24) is 25.2 Å². The number of nitrogens with zero attached hydrogens (tertiary/aromatic N) is 2. The van der Waals surface area contributed by atoms with Crippen molar-refractivity contribution in [2.75, 3.05) is 6.54 Å². The number of benzene rings is 2. The standard InChI is InChI=1S/C43H50FN5O8S/c1-41(2,3)57-40(53)46-33-17-8-6-4-5-7-13-27-23-43(27,39(52)48-58(54,55)29-18-19-29)47-37(50)34-24-42(25-49(34)38(33)51)21-20-31-30-15-9-10-16-32(30)45-35(36(31)56-42)26-12-11-14-28(44)22-26/h7,9-16,22,27,29,33-34H,4-6,8,17-21,23-25H2,1-3H3,(H,46,53)(H,47,50)(H,48,52)/b13-7-/t27-,33?,34-,42+,43+/m0/s1. The maximum absolute atomic E-state index is 14.9. The molecule has 1 saturated heterocycles. The van der Waals surface area contributed by atoms with Crippen LogP contribution in [0.5, 0.6) is 5.75 Å². The summed E-state index contributed by atoms with van der Waals surface area (Å²) < 4.78 is 55.4. The Bertz CT molecular complexity index is 2310. The molecule has 58 heavy (non-hydrogen) atoms. The van der Waals surface area contributed by atoms with Crippen LogP contribution in [0.3, 0.4) is 0 Å². The van der Waals surface area contributed by atoms with Crippen LogP contribution in [0.4, 0.5) is 9.18 Å². The third kappa shape index (κ3) is 8.01. The highest BCUT2D eigenvalue weighted by molar-refractivity contribution is 7.91. The maximum Gasteiger partial charge on any atom is 0.408 e. The van der Waals surface area contributed by atoms with E-state index in [2.05, 4.69) is 15.4 Å². The van der Waals surface area contributed by atoms with Gasteiger partial charge in [-0.1, -0.05) is 55.3 Å². The number of carbonyl (C=O) groups is 4. The third-order valence-corrected chi connectivity index (χ3v) is 13.7. The highest BCUT2D eigenvalue weighted by Crippen LogP contribution is 2.49. The quantitative estimate of drug-likeness (QED) is 0.277. The maximum atomic E-state index is 14.9. The molecule has 308 valence electrons. The highest BCUT2D eigenvalue weighted by Gasteiger charge is 2.63. The number of carbonyl (C=O) groups excluding carboxylic acids is 4. The molecule has 1 spiro atoms. The number of allylic oxidation sites excluding steroid dienone is 1. The van der Waals surface area contributed by atoms with E-state index >= 15 is 0 Å². The average molecular weight is 816 g/mol. The molecule has 0 radical (unpaired) electrons. The molecule has 4 amide bonds. The van der Waals surface area contributed by atoms with E-state index in [9.17, 15) is 32.0 Å². The fourth-order valence-electron chi connectivity index (χ4n) is 8.66. The van der Waals surface area contributed by atoms with Crippen LogP contribution in [0.25, 0.3) is 22.2 Å².